The van der Waals surface area contributed by atoms with Gasteiger partial charge in [0.2, 0.25) is 0 Å². The van der Waals surface area contributed by atoms with Crippen LogP contribution >= 0.6 is 0 Å². The number of benzene rings is 1. The number of hydrogen-bond donors (Lipinski definition) is 2. The van der Waals surface area contributed by atoms with E-state index in [0.717, 1.165) is 38.5 Å². The number of hydrogen-bond acceptors (Lipinski definition) is 6. The number of urea groups is 1. The SMILES string of the molecule is CCCCOc1ccc(C(=O)OCC(=O)NC(=O)NC2CCCC2)cc1OCC. The molecule has 0 heterocycles. The van der Waals surface area contributed by atoms with Crippen LogP contribution in [-0.4, -0.2) is 43.8 Å². The maximum Gasteiger partial charge on any atom is 0.338 e. The van der Waals surface area contributed by atoms with Crippen molar-refractivity contribution in [3.05, 3.63) is 23.8 Å². The molecule has 8 nitrogen and oxygen atoms in total. The van der Waals surface area contributed by atoms with Crippen LogP contribution in [0.15, 0.2) is 18.2 Å². The van der Waals surface area contributed by atoms with Gasteiger partial charge in [0.05, 0.1) is 18.8 Å². The zero-order chi connectivity index (χ0) is 21.1. The van der Waals surface area contributed by atoms with E-state index in [4.69, 9.17) is 14.2 Å². The first-order valence-electron chi connectivity index (χ1n) is 10.2. The highest BCUT2D eigenvalue weighted by Gasteiger charge is 2.19. The van der Waals surface area contributed by atoms with Crippen LogP contribution < -0.4 is 20.1 Å². The van der Waals surface area contributed by atoms with E-state index in [1.807, 2.05) is 6.92 Å². The molecule has 1 aromatic rings. The molecular formula is C21H30N2O6. The summed E-state index contributed by atoms with van der Waals surface area (Å²) in [6.07, 6.45) is 5.90. The lowest BCUT2D eigenvalue weighted by atomic mass is 10.2. The number of carbonyl (C=O) groups is 3. The molecule has 1 aliphatic carbocycles. The van der Waals surface area contributed by atoms with Crippen LogP contribution in [-0.2, 0) is 9.53 Å². The van der Waals surface area contributed by atoms with Gasteiger partial charge in [-0.1, -0.05) is 26.2 Å². The minimum Gasteiger partial charge on any atom is -0.490 e. The fraction of sp³-hybridized carbons (Fsp3) is 0.571. The Bertz CT molecular complexity index is 700. The Balaban J connectivity index is 1.84. The van der Waals surface area contributed by atoms with E-state index in [9.17, 15) is 14.4 Å². The summed E-state index contributed by atoms with van der Waals surface area (Å²) >= 11 is 0. The lowest BCUT2D eigenvalue weighted by Gasteiger charge is -2.13. The molecule has 1 saturated carbocycles. The van der Waals surface area contributed by atoms with Gasteiger partial charge in [-0.3, -0.25) is 10.1 Å². The van der Waals surface area contributed by atoms with Gasteiger partial charge >= 0.3 is 12.0 Å². The molecule has 0 saturated heterocycles. The summed E-state index contributed by atoms with van der Waals surface area (Å²) in [6, 6.07) is 4.26. The van der Waals surface area contributed by atoms with E-state index in [1.54, 1.807) is 12.1 Å². The van der Waals surface area contributed by atoms with Crippen LogP contribution in [0.3, 0.4) is 0 Å². The lowest BCUT2D eigenvalue weighted by Crippen LogP contribution is -2.44. The highest BCUT2D eigenvalue weighted by atomic mass is 16.5. The maximum absolute atomic E-state index is 12.2. The fourth-order valence-electron chi connectivity index (χ4n) is 3.02. The molecule has 29 heavy (non-hydrogen) atoms. The third-order valence-electron chi connectivity index (χ3n) is 4.51. The van der Waals surface area contributed by atoms with Crippen molar-refractivity contribution in [2.45, 2.75) is 58.4 Å². The molecule has 0 bridgehead atoms. The number of rotatable bonds is 10. The van der Waals surface area contributed by atoms with Crippen molar-refractivity contribution in [2.24, 2.45) is 0 Å². The average Bonchev–Trinajstić information content (AvgIpc) is 3.20. The number of carbonyl (C=O) groups excluding carboxylic acids is 3. The minimum absolute atomic E-state index is 0.0976. The van der Waals surface area contributed by atoms with E-state index >= 15 is 0 Å². The predicted molar refractivity (Wildman–Crippen MR) is 107 cm³/mol. The van der Waals surface area contributed by atoms with Crippen molar-refractivity contribution in [1.29, 1.82) is 0 Å². The second-order valence-electron chi connectivity index (χ2n) is 6.88. The summed E-state index contributed by atoms with van der Waals surface area (Å²) in [5.41, 5.74) is 0.236. The van der Waals surface area contributed by atoms with Gasteiger partial charge in [0.25, 0.3) is 5.91 Å². The largest absolute Gasteiger partial charge is 0.490 e. The molecule has 0 atom stereocenters. The third kappa shape index (κ3) is 7.63. The molecule has 2 N–H and O–H groups in total. The summed E-state index contributed by atoms with van der Waals surface area (Å²) in [5, 5.41) is 4.91. The monoisotopic (exact) mass is 406 g/mol. The highest BCUT2D eigenvalue weighted by Crippen LogP contribution is 2.29. The fourth-order valence-corrected chi connectivity index (χ4v) is 3.02. The summed E-state index contributed by atoms with van der Waals surface area (Å²) < 4.78 is 16.2. The predicted octanol–water partition coefficient (Wildman–Crippen LogP) is 3.19. The first-order chi connectivity index (χ1) is 14.0. The molecule has 0 spiro atoms. The zero-order valence-electron chi connectivity index (χ0n) is 17.1. The molecular weight excluding hydrogens is 376 g/mol. The van der Waals surface area contributed by atoms with Crippen molar-refractivity contribution in [1.82, 2.24) is 10.6 Å². The number of imide groups is 1. The van der Waals surface area contributed by atoms with Gasteiger partial charge in [-0.2, -0.15) is 0 Å². The first kappa shape index (κ1) is 22.5. The molecule has 0 aromatic heterocycles. The van der Waals surface area contributed by atoms with Gasteiger partial charge < -0.3 is 19.5 Å². The molecule has 0 unspecified atom stereocenters. The number of nitrogens with one attached hydrogen (secondary N) is 2. The van der Waals surface area contributed by atoms with E-state index in [1.165, 1.54) is 6.07 Å². The van der Waals surface area contributed by atoms with Gasteiger partial charge in [-0.05, 0) is 44.4 Å². The summed E-state index contributed by atoms with van der Waals surface area (Å²) in [7, 11) is 0. The van der Waals surface area contributed by atoms with Crippen molar-refractivity contribution in [3.63, 3.8) is 0 Å². The molecule has 1 fully saturated rings. The van der Waals surface area contributed by atoms with E-state index in [2.05, 4.69) is 17.6 Å². The summed E-state index contributed by atoms with van der Waals surface area (Å²) in [6.45, 7) is 4.34. The molecule has 1 aliphatic rings. The molecule has 3 amide bonds. The Morgan fingerprint density at radius 2 is 1.83 bits per heavy atom. The van der Waals surface area contributed by atoms with Crippen LogP contribution in [0.4, 0.5) is 4.79 Å². The standard InChI is InChI=1S/C21H30N2O6/c1-3-5-12-28-17-11-10-15(13-18(17)27-4-2)20(25)29-14-19(24)23-21(26)22-16-8-6-7-9-16/h10-11,13,16H,3-9,12,14H2,1-2H3,(H2,22,23,24,26). The van der Waals surface area contributed by atoms with Gasteiger partial charge in [0.1, 0.15) is 0 Å². The van der Waals surface area contributed by atoms with Crippen molar-refractivity contribution >= 4 is 17.9 Å². The van der Waals surface area contributed by atoms with E-state index in [0.29, 0.717) is 24.7 Å². The van der Waals surface area contributed by atoms with Gasteiger partial charge in [-0.25, -0.2) is 9.59 Å². The number of esters is 1. The topological polar surface area (TPSA) is 103 Å². The van der Waals surface area contributed by atoms with Gasteiger partial charge in [0.15, 0.2) is 18.1 Å². The van der Waals surface area contributed by atoms with E-state index in [-0.39, 0.29) is 11.6 Å². The molecule has 1 aromatic carbocycles. The molecule has 160 valence electrons. The molecule has 0 radical (unpaired) electrons. The average molecular weight is 406 g/mol. The smallest absolute Gasteiger partial charge is 0.338 e. The Labute approximate surface area is 171 Å². The second-order valence-corrected chi connectivity index (χ2v) is 6.88. The van der Waals surface area contributed by atoms with Gasteiger partial charge in [0, 0.05) is 6.04 Å². The third-order valence-corrected chi connectivity index (χ3v) is 4.51. The Kier molecular flexibility index (Phi) is 9.27. The number of ether oxygens (including phenoxy) is 3. The molecule has 8 heteroatoms. The quantitative estimate of drug-likeness (QED) is 0.457. The number of unbranched alkanes of at least 4 members (excludes halogenated alkanes) is 1. The summed E-state index contributed by atoms with van der Waals surface area (Å²) in [5.74, 6) is -0.368. The van der Waals surface area contributed by atoms with Gasteiger partial charge in [-0.15, -0.1) is 0 Å². The maximum atomic E-state index is 12.2. The van der Waals surface area contributed by atoms with Crippen molar-refractivity contribution in [2.75, 3.05) is 19.8 Å². The molecule has 0 aliphatic heterocycles. The van der Waals surface area contributed by atoms with Crippen molar-refractivity contribution in [3.8, 4) is 11.5 Å². The Morgan fingerprint density at radius 3 is 2.52 bits per heavy atom. The zero-order valence-corrected chi connectivity index (χ0v) is 17.1. The number of amides is 3. The Hall–Kier alpha value is -2.77. The second kappa shape index (κ2) is 11.9. The highest BCUT2D eigenvalue weighted by molar-refractivity contribution is 5.97. The van der Waals surface area contributed by atoms with Crippen LogP contribution in [0.2, 0.25) is 0 Å². The minimum atomic E-state index is -0.683. The first-order valence-corrected chi connectivity index (χ1v) is 10.2. The van der Waals surface area contributed by atoms with Crippen molar-refractivity contribution < 1.29 is 28.6 Å². The van der Waals surface area contributed by atoms with Crippen LogP contribution in [0.5, 0.6) is 11.5 Å². The summed E-state index contributed by atoms with van der Waals surface area (Å²) in [4.78, 5) is 35.9. The Morgan fingerprint density at radius 1 is 1.07 bits per heavy atom. The van der Waals surface area contributed by atoms with Crippen LogP contribution in [0, 0.1) is 0 Å². The lowest BCUT2D eigenvalue weighted by molar-refractivity contribution is -0.123. The van der Waals surface area contributed by atoms with Crippen LogP contribution in [0.1, 0.15) is 62.7 Å². The van der Waals surface area contributed by atoms with Crippen LogP contribution in [0.25, 0.3) is 0 Å². The molecule has 2 rings (SSSR count). The van der Waals surface area contributed by atoms with E-state index < -0.39 is 24.5 Å². The normalized spacial score (nSPS) is 13.6.